The Morgan fingerprint density at radius 3 is 2.20 bits per heavy atom. The van der Waals surface area contributed by atoms with E-state index in [2.05, 4.69) is 31.3 Å². The van der Waals surface area contributed by atoms with Crippen molar-refractivity contribution in [1.29, 1.82) is 0 Å². The highest BCUT2D eigenvalue weighted by atomic mass is 32.2. The minimum atomic E-state index is -3.48. The van der Waals surface area contributed by atoms with Gasteiger partial charge in [0.2, 0.25) is 10.0 Å². The van der Waals surface area contributed by atoms with E-state index in [4.69, 9.17) is 0 Å². The minimum absolute atomic E-state index is 0.0117. The monoisotopic (exact) mass is 492 g/mol. The zero-order valence-electron chi connectivity index (χ0n) is 21.5. The molecule has 1 atom stereocenters. The zero-order chi connectivity index (χ0) is 25.8. The van der Waals surface area contributed by atoms with Crippen LogP contribution < -0.4 is 9.62 Å². The van der Waals surface area contributed by atoms with E-state index in [-0.39, 0.29) is 23.9 Å². The van der Waals surface area contributed by atoms with Crippen molar-refractivity contribution in [3.8, 4) is 0 Å². The molecule has 0 saturated heterocycles. The van der Waals surface area contributed by atoms with Crippen LogP contribution in [0.4, 0.5) is 5.69 Å². The fourth-order valence-electron chi connectivity index (χ4n) is 4.43. The molecule has 0 aromatic heterocycles. The molecule has 3 aromatic carbocycles. The third-order valence-corrected chi connectivity index (χ3v) is 7.45. The maximum Gasteiger partial charge on any atom is 0.251 e. The van der Waals surface area contributed by atoms with Crippen LogP contribution in [0.25, 0.3) is 0 Å². The summed E-state index contributed by atoms with van der Waals surface area (Å²) in [5.74, 6) is -0.137. The number of hydrogen-bond acceptors (Lipinski definition) is 3. The SMILES string of the molecule is Cc1ccc(C)c(N(Cc2ccc(C(=O)N[C@H](C)CC(C)(C)c3ccccc3)cc2)S(C)(=O)=O)c1. The number of sulfonamides is 1. The first-order valence-electron chi connectivity index (χ1n) is 11.9. The number of rotatable bonds is 9. The largest absolute Gasteiger partial charge is 0.350 e. The van der Waals surface area contributed by atoms with Crippen LogP contribution in [0.15, 0.2) is 72.8 Å². The Balaban J connectivity index is 1.69. The molecule has 0 spiro atoms. The van der Waals surface area contributed by atoms with Crippen LogP contribution in [0.2, 0.25) is 0 Å². The number of carbonyl (C=O) groups excluding carboxylic acids is 1. The lowest BCUT2D eigenvalue weighted by atomic mass is 9.79. The van der Waals surface area contributed by atoms with Crippen LogP contribution in [-0.2, 0) is 22.0 Å². The molecule has 0 aliphatic carbocycles. The number of nitrogens with one attached hydrogen (secondary N) is 1. The van der Waals surface area contributed by atoms with Gasteiger partial charge >= 0.3 is 0 Å². The summed E-state index contributed by atoms with van der Waals surface area (Å²) in [7, 11) is -3.48. The van der Waals surface area contributed by atoms with E-state index in [1.165, 1.54) is 16.1 Å². The minimum Gasteiger partial charge on any atom is -0.350 e. The quantitative estimate of drug-likeness (QED) is 0.413. The van der Waals surface area contributed by atoms with Crippen molar-refractivity contribution in [1.82, 2.24) is 5.32 Å². The summed E-state index contributed by atoms with van der Waals surface area (Å²) < 4.78 is 26.6. The van der Waals surface area contributed by atoms with Crippen LogP contribution >= 0.6 is 0 Å². The summed E-state index contributed by atoms with van der Waals surface area (Å²) in [4.78, 5) is 12.9. The molecule has 0 saturated carbocycles. The Morgan fingerprint density at radius 2 is 1.60 bits per heavy atom. The fraction of sp³-hybridized carbons (Fsp3) is 0.345. The first-order valence-corrected chi connectivity index (χ1v) is 13.7. The van der Waals surface area contributed by atoms with Gasteiger partial charge in [-0.3, -0.25) is 9.10 Å². The molecule has 0 aliphatic heterocycles. The maximum atomic E-state index is 12.9. The van der Waals surface area contributed by atoms with E-state index in [0.717, 1.165) is 23.1 Å². The average Bonchev–Trinajstić information content (AvgIpc) is 2.79. The Morgan fingerprint density at radius 1 is 0.971 bits per heavy atom. The van der Waals surface area contributed by atoms with E-state index < -0.39 is 10.0 Å². The molecule has 0 bridgehead atoms. The molecular weight excluding hydrogens is 456 g/mol. The first-order chi connectivity index (χ1) is 16.4. The summed E-state index contributed by atoms with van der Waals surface area (Å²) in [5, 5.41) is 3.10. The summed E-state index contributed by atoms with van der Waals surface area (Å²) in [6, 6.07) is 23.2. The lowest BCUT2D eigenvalue weighted by Crippen LogP contribution is -2.37. The molecule has 186 valence electrons. The third kappa shape index (κ3) is 6.95. The standard InChI is InChI=1S/C29H36N2O3S/c1-21-12-13-22(2)27(18-21)31(35(6,33)34)20-24-14-16-25(17-15-24)28(32)30-23(3)19-29(4,5)26-10-8-7-9-11-26/h7-18,23H,19-20H2,1-6H3,(H,30,32)/t23-/m1/s1. The molecular formula is C29H36N2O3S. The van der Waals surface area contributed by atoms with Crippen molar-refractivity contribution in [2.45, 2.75) is 59.0 Å². The first kappa shape index (κ1) is 26.5. The van der Waals surface area contributed by atoms with E-state index in [1.807, 2.05) is 69.3 Å². The van der Waals surface area contributed by atoms with E-state index in [9.17, 15) is 13.2 Å². The number of nitrogens with zero attached hydrogens (tertiary/aromatic N) is 1. The van der Waals surface area contributed by atoms with Gasteiger partial charge in [0.1, 0.15) is 0 Å². The molecule has 3 aromatic rings. The number of benzene rings is 3. The van der Waals surface area contributed by atoms with Gasteiger partial charge in [0, 0.05) is 11.6 Å². The molecule has 0 fully saturated rings. The topological polar surface area (TPSA) is 66.5 Å². The number of amides is 1. The number of aryl methyl sites for hydroxylation is 2. The molecule has 3 rings (SSSR count). The second kappa shape index (κ2) is 10.6. The maximum absolute atomic E-state index is 12.9. The Hall–Kier alpha value is -3.12. The van der Waals surface area contributed by atoms with Gasteiger partial charge in [0.15, 0.2) is 0 Å². The van der Waals surface area contributed by atoms with Gasteiger partial charge in [-0.25, -0.2) is 8.42 Å². The van der Waals surface area contributed by atoms with Crippen molar-refractivity contribution in [2.75, 3.05) is 10.6 Å². The summed E-state index contributed by atoms with van der Waals surface area (Å²) in [5.41, 5.74) is 5.09. The van der Waals surface area contributed by atoms with Crippen LogP contribution in [0.3, 0.4) is 0 Å². The molecule has 0 aliphatic rings. The Labute approximate surface area is 210 Å². The van der Waals surface area contributed by atoms with Gasteiger partial charge in [-0.2, -0.15) is 0 Å². The Bertz CT molecular complexity index is 1270. The van der Waals surface area contributed by atoms with Crippen molar-refractivity contribution in [2.24, 2.45) is 0 Å². The van der Waals surface area contributed by atoms with Crippen LogP contribution in [0, 0.1) is 13.8 Å². The van der Waals surface area contributed by atoms with Crippen molar-refractivity contribution in [3.05, 3.63) is 101 Å². The normalized spacial score (nSPS) is 12.7. The number of hydrogen-bond donors (Lipinski definition) is 1. The van der Waals surface area contributed by atoms with Crippen LogP contribution in [0.5, 0.6) is 0 Å². The van der Waals surface area contributed by atoms with E-state index in [1.54, 1.807) is 12.1 Å². The molecule has 0 radical (unpaired) electrons. The van der Waals surface area contributed by atoms with Gasteiger partial charge in [-0.05, 0) is 73.1 Å². The molecule has 6 heteroatoms. The van der Waals surface area contributed by atoms with Gasteiger partial charge in [0.05, 0.1) is 18.5 Å². The lowest BCUT2D eigenvalue weighted by molar-refractivity contribution is 0.0934. The molecule has 5 nitrogen and oxygen atoms in total. The molecule has 1 N–H and O–H groups in total. The molecule has 35 heavy (non-hydrogen) atoms. The van der Waals surface area contributed by atoms with Crippen molar-refractivity contribution < 1.29 is 13.2 Å². The highest BCUT2D eigenvalue weighted by Crippen LogP contribution is 2.28. The van der Waals surface area contributed by atoms with Crippen LogP contribution in [0.1, 0.15) is 59.8 Å². The third-order valence-electron chi connectivity index (χ3n) is 6.33. The number of carbonyl (C=O) groups is 1. The second-order valence-electron chi connectivity index (χ2n) is 10.1. The van der Waals surface area contributed by atoms with Gasteiger partial charge in [0.25, 0.3) is 5.91 Å². The summed E-state index contributed by atoms with van der Waals surface area (Å²) in [6.07, 6.45) is 2.02. The van der Waals surface area contributed by atoms with Gasteiger partial charge < -0.3 is 5.32 Å². The Kier molecular flexibility index (Phi) is 8.06. The number of anilines is 1. The van der Waals surface area contributed by atoms with Gasteiger partial charge in [-0.15, -0.1) is 0 Å². The highest BCUT2D eigenvalue weighted by molar-refractivity contribution is 7.92. The second-order valence-corrected chi connectivity index (χ2v) is 12.0. The molecule has 1 amide bonds. The van der Waals surface area contributed by atoms with E-state index in [0.29, 0.717) is 11.3 Å². The smallest absolute Gasteiger partial charge is 0.251 e. The summed E-state index contributed by atoms with van der Waals surface area (Å²) >= 11 is 0. The van der Waals surface area contributed by atoms with E-state index >= 15 is 0 Å². The fourth-order valence-corrected chi connectivity index (χ4v) is 5.36. The molecule has 0 unspecified atom stereocenters. The lowest BCUT2D eigenvalue weighted by Gasteiger charge is -2.29. The van der Waals surface area contributed by atoms with Crippen molar-refractivity contribution in [3.63, 3.8) is 0 Å². The van der Waals surface area contributed by atoms with Crippen molar-refractivity contribution >= 4 is 21.6 Å². The average molecular weight is 493 g/mol. The zero-order valence-corrected chi connectivity index (χ0v) is 22.3. The molecule has 0 heterocycles. The summed E-state index contributed by atoms with van der Waals surface area (Å²) in [6.45, 7) is 10.4. The predicted octanol–water partition coefficient (Wildman–Crippen LogP) is 5.76. The predicted molar refractivity (Wildman–Crippen MR) is 144 cm³/mol. The van der Waals surface area contributed by atoms with Crippen LogP contribution in [-0.4, -0.2) is 26.6 Å². The van der Waals surface area contributed by atoms with Gasteiger partial charge in [-0.1, -0.05) is 68.4 Å². The highest BCUT2D eigenvalue weighted by Gasteiger charge is 2.24.